The highest BCUT2D eigenvalue weighted by Gasteiger charge is 2.31. The molecule has 20 heavy (non-hydrogen) atoms. The number of rotatable bonds is 2. The second-order valence-electron chi connectivity index (χ2n) is 5.05. The molecular formula is C16H16N2O2. The topological polar surface area (TPSA) is 75.4 Å². The number of benzene rings is 2. The fourth-order valence-corrected chi connectivity index (χ4v) is 2.65. The Labute approximate surface area is 117 Å². The van der Waals surface area contributed by atoms with Crippen LogP contribution in [0.4, 0.5) is 5.69 Å². The van der Waals surface area contributed by atoms with Crippen LogP contribution in [0.25, 0.3) is 0 Å². The van der Waals surface area contributed by atoms with Gasteiger partial charge in [-0.2, -0.15) is 0 Å². The molecule has 0 saturated heterocycles. The number of hydrogen-bond acceptors (Lipinski definition) is 3. The van der Waals surface area contributed by atoms with Crippen LogP contribution in [-0.2, 0) is 6.42 Å². The van der Waals surface area contributed by atoms with Gasteiger partial charge in [0.25, 0.3) is 5.91 Å². The van der Waals surface area contributed by atoms with E-state index in [0.29, 0.717) is 17.7 Å². The Kier molecular flexibility index (Phi) is 3.16. The predicted octanol–water partition coefficient (Wildman–Crippen LogP) is 1.66. The van der Waals surface area contributed by atoms with Crippen molar-refractivity contribution in [3.05, 3.63) is 65.2 Å². The third kappa shape index (κ3) is 2.26. The quantitative estimate of drug-likeness (QED) is 0.725. The highest BCUT2D eigenvalue weighted by atomic mass is 16.3. The van der Waals surface area contributed by atoms with Crippen LogP contribution in [0, 0.1) is 0 Å². The van der Waals surface area contributed by atoms with Crippen LogP contribution < -0.4 is 11.1 Å². The Balaban J connectivity index is 1.83. The van der Waals surface area contributed by atoms with E-state index in [-0.39, 0.29) is 11.9 Å². The van der Waals surface area contributed by atoms with E-state index in [1.807, 2.05) is 24.3 Å². The minimum absolute atomic E-state index is 0.224. The van der Waals surface area contributed by atoms with Gasteiger partial charge in [-0.05, 0) is 29.3 Å². The van der Waals surface area contributed by atoms with E-state index in [0.717, 1.165) is 11.1 Å². The van der Waals surface area contributed by atoms with Gasteiger partial charge in [0.1, 0.15) is 0 Å². The minimum atomic E-state index is -0.586. The lowest BCUT2D eigenvalue weighted by atomic mass is 10.1. The average molecular weight is 268 g/mol. The Morgan fingerprint density at radius 3 is 2.80 bits per heavy atom. The van der Waals surface area contributed by atoms with Gasteiger partial charge >= 0.3 is 0 Å². The molecule has 0 unspecified atom stereocenters. The largest absolute Gasteiger partial charge is 0.399 e. The third-order valence-corrected chi connectivity index (χ3v) is 3.64. The lowest BCUT2D eigenvalue weighted by molar-refractivity contribution is 0.0858. The van der Waals surface area contributed by atoms with Crippen molar-refractivity contribution in [1.82, 2.24) is 5.32 Å². The molecule has 3 rings (SSSR count). The molecule has 102 valence electrons. The summed E-state index contributed by atoms with van der Waals surface area (Å²) in [4.78, 5) is 12.2. The van der Waals surface area contributed by atoms with E-state index in [4.69, 9.17) is 5.73 Å². The fraction of sp³-hybridized carbons (Fsp3) is 0.188. The van der Waals surface area contributed by atoms with E-state index >= 15 is 0 Å². The zero-order valence-electron chi connectivity index (χ0n) is 10.9. The van der Waals surface area contributed by atoms with E-state index in [9.17, 15) is 9.90 Å². The number of nitrogens with two attached hydrogens (primary N) is 1. The van der Waals surface area contributed by atoms with Crippen molar-refractivity contribution in [2.75, 3.05) is 5.73 Å². The molecule has 1 amide bonds. The Morgan fingerprint density at radius 2 is 2.00 bits per heavy atom. The Hall–Kier alpha value is -2.33. The summed E-state index contributed by atoms with van der Waals surface area (Å²) in [6, 6.07) is 14.2. The number of aliphatic hydroxyl groups is 1. The summed E-state index contributed by atoms with van der Waals surface area (Å²) in [7, 11) is 0. The standard InChI is InChI=1S/C16H16N2O2/c17-12-6-3-5-11(8-12)16(20)18-15-13-7-2-1-4-10(13)9-14(15)19/h1-8,14-15,19H,9,17H2,(H,18,20)/t14-,15+/m1/s1. The smallest absolute Gasteiger partial charge is 0.251 e. The zero-order valence-corrected chi connectivity index (χ0v) is 10.9. The number of fused-ring (bicyclic) bond motifs is 1. The molecule has 0 aromatic heterocycles. The van der Waals surface area contributed by atoms with E-state index in [1.54, 1.807) is 24.3 Å². The van der Waals surface area contributed by atoms with Gasteiger partial charge in [-0.25, -0.2) is 0 Å². The van der Waals surface area contributed by atoms with Crippen molar-refractivity contribution in [3.8, 4) is 0 Å². The number of nitrogen functional groups attached to an aromatic ring is 1. The van der Waals surface area contributed by atoms with E-state index in [1.165, 1.54) is 0 Å². The third-order valence-electron chi connectivity index (χ3n) is 3.64. The molecule has 1 aliphatic carbocycles. The molecule has 0 aliphatic heterocycles. The molecule has 0 fully saturated rings. The molecule has 4 nitrogen and oxygen atoms in total. The average Bonchev–Trinajstić information content (AvgIpc) is 2.75. The molecule has 0 saturated carbocycles. The summed E-state index contributed by atoms with van der Waals surface area (Å²) in [5.74, 6) is -0.224. The van der Waals surface area contributed by atoms with Crippen LogP contribution in [0.1, 0.15) is 27.5 Å². The van der Waals surface area contributed by atoms with Crippen LogP contribution in [0.3, 0.4) is 0 Å². The lowest BCUT2D eigenvalue weighted by Crippen LogP contribution is -2.33. The molecule has 2 atom stereocenters. The number of nitrogens with one attached hydrogen (secondary N) is 1. The lowest BCUT2D eigenvalue weighted by Gasteiger charge is -2.18. The number of aliphatic hydroxyl groups excluding tert-OH is 1. The highest BCUT2D eigenvalue weighted by Crippen LogP contribution is 2.31. The van der Waals surface area contributed by atoms with Gasteiger partial charge in [0.05, 0.1) is 12.1 Å². The van der Waals surface area contributed by atoms with Crippen LogP contribution in [-0.4, -0.2) is 17.1 Å². The molecule has 0 radical (unpaired) electrons. The van der Waals surface area contributed by atoms with E-state index in [2.05, 4.69) is 5.32 Å². The van der Waals surface area contributed by atoms with Crippen LogP contribution in [0.15, 0.2) is 48.5 Å². The Morgan fingerprint density at radius 1 is 1.20 bits per heavy atom. The second-order valence-corrected chi connectivity index (χ2v) is 5.05. The maximum absolute atomic E-state index is 12.2. The molecule has 1 aliphatic rings. The van der Waals surface area contributed by atoms with Crippen molar-refractivity contribution in [1.29, 1.82) is 0 Å². The van der Waals surface area contributed by atoms with Gasteiger partial charge in [0.15, 0.2) is 0 Å². The van der Waals surface area contributed by atoms with Crippen LogP contribution in [0.5, 0.6) is 0 Å². The van der Waals surface area contributed by atoms with Crippen molar-refractivity contribution < 1.29 is 9.90 Å². The summed E-state index contributed by atoms with van der Waals surface area (Å²) in [5.41, 5.74) is 8.79. The molecule has 0 bridgehead atoms. The summed E-state index contributed by atoms with van der Waals surface area (Å²) in [6.07, 6.45) is -0.0182. The van der Waals surface area contributed by atoms with Crippen LogP contribution in [0.2, 0.25) is 0 Å². The summed E-state index contributed by atoms with van der Waals surface area (Å²) < 4.78 is 0. The number of anilines is 1. The summed E-state index contributed by atoms with van der Waals surface area (Å²) in [5, 5.41) is 13.0. The summed E-state index contributed by atoms with van der Waals surface area (Å²) in [6.45, 7) is 0. The molecule has 0 heterocycles. The van der Waals surface area contributed by atoms with Gasteiger partial charge in [-0.3, -0.25) is 4.79 Å². The van der Waals surface area contributed by atoms with Gasteiger partial charge in [-0.1, -0.05) is 30.3 Å². The summed E-state index contributed by atoms with van der Waals surface area (Å²) >= 11 is 0. The SMILES string of the molecule is Nc1cccc(C(=O)N[C@H]2c3ccccc3C[C@H]2O)c1. The van der Waals surface area contributed by atoms with Gasteiger partial charge in [-0.15, -0.1) is 0 Å². The van der Waals surface area contributed by atoms with Crippen molar-refractivity contribution >= 4 is 11.6 Å². The van der Waals surface area contributed by atoms with Crippen molar-refractivity contribution in [2.24, 2.45) is 0 Å². The van der Waals surface area contributed by atoms with Crippen LogP contribution >= 0.6 is 0 Å². The number of hydrogen-bond donors (Lipinski definition) is 3. The van der Waals surface area contributed by atoms with Gasteiger partial charge in [0.2, 0.25) is 0 Å². The normalized spacial score (nSPS) is 20.4. The van der Waals surface area contributed by atoms with E-state index < -0.39 is 6.10 Å². The number of carbonyl (C=O) groups excluding carboxylic acids is 1. The van der Waals surface area contributed by atoms with Crippen molar-refractivity contribution in [3.63, 3.8) is 0 Å². The first-order chi connectivity index (χ1) is 9.65. The first-order valence-corrected chi connectivity index (χ1v) is 6.57. The zero-order chi connectivity index (χ0) is 14.1. The molecule has 2 aromatic rings. The second kappa shape index (κ2) is 4.98. The molecular weight excluding hydrogens is 252 g/mol. The van der Waals surface area contributed by atoms with Gasteiger partial charge < -0.3 is 16.2 Å². The number of carbonyl (C=O) groups is 1. The molecule has 2 aromatic carbocycles. The molecule has 4 heteroatoms. The minimum Gasteiger partial charge on any atom is -0.399 e. The monoisotopic (exact) mass is 268 g/mol. The maximum atomic E-state index is 12.2. The van der Waals surface area contributed by atoms with Gasteiger partial charge in [0, 0.05) is 17.7 Å². The molecule has 0 spiro atoms. The van der Waals surface area contributed by atoms with Crippen molar-refractivity contribution in [2.45, 2.75) is 18.6 Å². The predicted molar refractivity (Wildman–Crippen MR) is 77.2 cm³/mol. The first kappa shape index (κ1) is 12.7. The fourth-order valence-electron chi connectivity index (χ4n) is 2.65. The first-order valence-electron chi connectivity index (χ1n) is 6.57. The Bertz CT molecular complexity index is 654. The maximum Gasteiger partial charge on any atom is 0.251 e. The molecule has 4 N–H and O–H groups in total. The highest BCUT2D eigenvalue weighted by molar-refractivity contribution is 5.95. The number of amides is 1.